The zero-order chi connectivity index (χ0) is 17.1. The molecule has 0 aliphatic rings. The fraction of sp³-hybridized carbons (Fsp3) is 0.0588. The standard InChI is InChI=1S/C17H13N3O3S/c1-11(21)13-4-7-15(16(10-13)20(22)23)19-14-5-2-12(3-6-14)17-18-8-9-24-17/h2-10,19H,1H3. The number of carbonyl (C=O) groups is 1. The molecule has 120 valence electrons. The third-order valence-electron chi connectivity index (χ3n) is 3.44. The van der Waals surface area contributed by atoms with Gasteiger partial charge in [0.15, 0.2) is 5.78 Å². The van der Waals surface area contributed by atoms with Crippen molar-refractivity contribution in [1.29, 1.82) is 0 Å². The SMILES string of the molecule is CC(=O)c1ccc(Nc2ccc(-c3nccs3)cc2)c([N+](=O)[O-])c1. The fourth-order valence-corrected chi connectivity index (χ4v) is 2.87. The number of nitro groups is 1. The summed E-state index contributed by atoms with van der Waals surface area (Å²) >= 11 is 1.54. The highest BCUT2D eigenvalue weighted by Gasteiger charge is 2.16. The molecule has 0 atom stereocenters. The van der Waals surface area contributed by atoms with Crippen LogP contribution >= 0.6 is 11.3 Å². The van der Waals surface area contributed by atoms with E-state index >= 15 is 0 Å². The first kappa shape index (κ1) is 15.8. The lowest BCUT2D eigenvalue weighted by Crippen LogP contribution is -2.00. The molecule has 1 N–H and O–H groups in total. The molecule has 3 aromatic rings. The summed E-state index contributed by atoms with van der Waals surface area (Å²) in [6.45, 7) is 1.38. The summed E-state index contributed by atoms with van der Waals surface area (Å²) in [5.74, 6) is -0.211. The molecule has 2 aromatic carbocycles. The van der Waals surface area contributed by atoms with Crippen molar-refractivity contribution in [2.24, 2.45) is 0 Å². The molecule has 0 radical (unpaired) electrons. The van der Waals surface area contributed by atoms with Crippen molar-refractivity contribution in [3.8, 4) is 10.6 Å². The van der Waals surface area contributed by atoms with E-state index in [-0.39, 0.29) is 11.5 Å². The summed E-state index contributed by atoms with van der Waals surface area (Å²) in [6.07, 6.45) is 1.74. The van der Waals surface area contributed by atoms with Crippen LogP contribution in [0.3, 0.4) is 0 Å². The van der Waals surface area contributed by atoms with E-state index in [2.05, 4.69) is 10.3 Å². The van der Waals surface area contributed by atoms with E-state index in [9.17, 15) is 14.9 Å². The predicted octanol–water partition coefficient (Wildman–Crippen LogP) is 4.66. The topological polar surface area (TPSA) is 85.1 Å². The van der Waals surface area contributed by atoms with Gasteiger partial charge in [0.25, 0.3) is 5.69 Å². The average Bonchev–Trinajstić information content (AvgIpc) is 3.10. The normalized spacial score (nSPS) is 10.4. The monoisotopic (exact) mass is 339 g/mol. The van der Waals surface area contributed by atoms with E-state index in [4.69, 9.17) is 0 Å². The van der Waals surface area contributed by atoms with Gasteiger partial charge < -0.3 is 5.32 Å². The maximum Gasteiger partial charge on any atom is 0.293 e. The quantitative estimate of drug-likeness (QED) is 0.415. The van der Waals surface area contributed by atoms with Crippen molar-refractivity contribution in [1.82, 2.24) is 4.98 Å². The average molecular weight is 339 g/mol. The van der Waals surface area contributed by atoms with Gasteiger partial charge >= 0.3 is 0 Å². The van der Waals surface area contributed by atoms with Crippen molar-refractivity contribution in [2.75, 3.05) is 5.32 Å². The molecule has 0 spiro atoms. The van der Waals surface area contributed by atoms with Crippen molar-refractivity contribution in [3.63, 3.8) is 0 Å². The van der Waals surface area contributed by atoms with Crippen molar-refractivity contribution in [3.05, 3.63) is 69.7 Å². The van der Waals surface area contributed by atoms with Crippen LogP contribution in [0, 0.1) is 10.1 Å². The Balaban J connectivity index is 1.88. The van der Waals surface area contributed by atoms with E-state index in [1.165, 1.54) is 13.0 Å². The second-order valence-corrected chi connectivity index (χ2v) is 5.98. The zero-order valence-electron chi connectivity index (χ0n) is 12.7. The molecule has 0 aliphatic carbocycles. The van der Waals surface area contributed by atoms with Crippen LogP contribution in [-0.2, 0) is 0 Å². The van der Waals surface area contributed by atoms with Crippen LogP contribution in [0.25, 0.3) is 10.6 Å². The number of aromatic nitrogens is 1. The van der Waals surface area contributed by atoms with Crippen LogP contribution in [0.15, 0.2) is 54.0 Å². The van der Waals surface area contributed by atoms with E-state index in [0.29, 0.717) is 16.9 Å². The fourth-order valence-electron chi connectivity index (χ4n) is 2.23. The van der Waals surface area contributed by atoms with Gasteiger partial charge in [0, 0.05) is 34.5 Å². The first-order chi connectivity index (χ1) is 11.5. The molecule has 1 heterocycles. The number of carbonyl (C=O) groups excluding carboxylic acids is 1. The number of ketones is 1. The van der Waals surface area contributed by atoms with Crippen LogP contribution in [0.1, 0.15) is 17.3 Å². The van der Waals surface area contributed by atoms with Crippen LogP contribution in [0.2, 0.25) is 0 Å². The summed E-state index contributed by atoms with van der Waals surface area (Å²) in [7, 11) is 0. The highest BCUT2D eigenvalue weighted by atomic mass is 32.1. The molecule has 0 aliphatic heterocycles. The number of nitrogens with one attached hydrogen (secondary N) is 1. The first-order valence-corrected chi connectivity index (χ1v) is 7.99. The summed E-state index contributed by atoms with van der Waals surface area (Å²) in [4.78, 5) is 26.4. The highest BCUT2D eigenvalue weighted by molar-refractivity contribution is 7.13. The summed E-state index contributed by atoms with van der Waals surface area (Å²) in [5.41, 5.74) is 2.22. The van der Waals surface area contributed by atoms with E-state index in [0.717, 1.165) is 10.6 Å². The van der Waals surface area contributed by atoms with Gasteiger partial charge in [0.2, 0.25) is 0 Å². The molecule has 0 amide bonds. The summed E-state index contributed by atoms with van der Waals surface area (Å²) in [5, 5.41) is 17.1. The van der Waals surface area contributed by atoms with Crippen LogP contribution in [0.4, 0.5) is 17.1 Å². The van der Waals surface area contributed by atoms with Gasteiger partial charge in [-0.1, -0.05) is 0 Å². The van der Waals surface area contributed by atoms with Crippen LogP contribution in [-0.4, -0.2) is 15.7 Å². The molecule has 0 unspecified atom stereocenters. The Morgan fingerprint density at radius 3 is 2.54 bits per heavy atom. The molecular weight excluding hydrogens is 326 g/mol. The number of nitrogens with zero attached hydrogens (tertiary/aromatic N) is 2. The Bertz CT molecular complexity index is 890. The number of anilines is 2. The molecule has 1 aromatic heterocycles. The van der Waals surface area contributed by atoms with Gasteiger partial charge in [0.1, 0.15) is 10.7 Å². The molecular formula is C17H13N3O3S. The Morgan fingerprint density at radius 1 is 1.21 bits per heavy atom. The van der Waals surface area contributed by atoms with E-state index < -0.39 is 4.92 Å². The number of rotatable bonds is 5. The molecule has 6 nitrogen and oxygen atoms in total. The Hall–Kier alpha value is -3.06. The van der Waals surface area contributed by atoms with E-state index in [1.54, 1.807) is 29.7 Å². The smallest absolute Gasteiger partial charge is 0.293 e. The second kappa shape index (κ2) is 6.59. The van der Waals surface area contributed by atoms with Gasteiger partial charge in [-0.25, -0.2) is 4.98 Å². The van der Waals surface area contributed by atoms with Gasteiger partial charge in [0.05, 0.1) is 4.92 Å². The van der Waals surface area contributed by atoms with Gasteiger partial charge in [-0.05, 0) is 43.3 Å². The zero-order valence-corrected chi connectivity index (χ0v) is 13.5. The minimum absolute atomic E-state index is 0.133. The van der Waals surface area contributed by atoms with Crippen LogP contribution < -0.4 is 5.32 Å². The Labute approximate surface area is 141 Å². The third-order valence-corrected chi connectivity index (χ3v) is 4.27. The van der Waals surface area contributed by atoms with Crippen LogP contribution in [0.5, 0.6) is 0 Å². The number of thiazole rings is 1. The molecule has 7 heteroatoms. The largest absolute Gasteiger partial charge is 0.350 e. The molecule has 3 rings (SSSR count). The van der Waals surface area contributed by atoms with Crippen molar-refractivity contribution < 1.29 is 9.72 Å². The molecule has 0 bridgehead atoms. The number of hydrogen-bond donors (Lipinski definition) is 1. The maximum absolute atomic E-state index is 11.4. The maximum atomic E-state index is 11.4. The first-order valence-electron chi connectivity index (χ1n) is 7.11. The minimum atomic E-state index is -0.501. The molecule has 0 saturated heterocycles. The lowest BCUT2D eigenvalue weighted by Gasteiger charge is -2.08. The van der Waals surface area contributed by atoms with Gasteiger partial charge in [-0.3, -0.25) is 14.9 Å². The van der Waals surface area contributed by atoms with Gasteiger partial charge in [-0.15, -0.1) is 11.3 Å². The highest BCUT2D eigenvalue weighted by Crippen LogP contribution is 2.30. The number of hydrogen-bond acceptors (Lipinski definition) is 6. The second-order valence-electron chi connectivity index (χ2n) is 5.08. The number of benzene rings is 2. The third kappa shape index (κ3) is 3.31. The molecule has 24 heavy (non-hydrogen) atoms. The van der Waals surface area contributed by atoms with Crippen molar-refractivity contribution >= 4 is 34.2 Å². The van der Waals surface area contributed by atoms with Crippen molar-refractivity contribution in [2.45, 2.75) is 6.92 Å². The molecule has 0 fully saturated rings. The summed E-state index contributed by atoms with van der Waals surface area (Å²) < 4.78 is 0. The minimum Gasteiger partial charge on any atom is -0.350 e. The van der Waals surface area contributed by atoms with E-state index in [1.807, 2.05) is 29.6 Å². The Morgan fingerprint density at radius 2 is 1.96 bits per heavy atom. The predicted molar refractivity (Wildman–Crippen MR) is 93.9 cm³/mol. The molecule has 0 saturated carbocycles. The lowest BCUT2D eigenvalue weighted by molar-refractivity contribution is -0.383. The summed E-state index contributed by atoms with van der Waals surface area (Å²) in [6, 6.07) is 11.9. The lowest BCUT2D eigenvalue weighted by atomic mass is 10.1. The number of nitro benzene ring substituents is 1. The Kier molecular flexibility index (Phi) is 4.35. The number of Topliss-reactive ketones (excluding diaryl/α,β-unsaturated/α-hetero) is 1. The van der Waals surface area contributed by atoms with Gasteiger partial charge in [-0.2, -0.15) is 0 Å².